The number of hydrogen-bond donors (Lipinski definition) is 2. The first kappa shape index (κ1) is 26.7. The fourth-order valence-electron chi connectivity index (χ4n) is 6.24. The number of nitrogen functional groups attached to an aromatic ring is 1. The first-order valence-corrected chi connectivity index (χ1v) is 14.1. The second-order valence-electron chi connectivity index (χ2n) is 11.3. The van der Waals surface area contributed by atoms with Gasteiger partial charge in [-0.3, -0.25) is 14.0 Å². The summed E-state index contributed by atoms with van der Waals surface area (Å²) in [5.74, 6) is 2.53. The number of imidazole rings is 1. The molecule has 2 amide bonds. The van der Waals surface area contributed by atoms with Gasteiger partial charge in [-0.1, -0.05) is 36.4 Å². The van der Waals surface area contributed by atoms with Gasteiger partial charge in [-0.15, -0.1) is 0 Å². The van der Waals surface area contributed by atoms with Crippen LogP contribution in [0.2, 0.25) is 0 Å². The Balaban J connectivity index is 1.20. The molecule has 6 rings (SSSR count). The number of hydrogen-bond acceptors (Lipinski definition) is 6. The highest BCUT2D eigenvalue weighted by atomic mass is 16.2. The largest absolute Gasteiger partial charge is 0.382 e. The summed E-state index contributed by atoms with van der Waals surface area (Å²) >= 11 is 0. The predicted octanol–water partition coefficient (Wildman–Crippen LogP) is 4.30. The van der Waals surface area contributed by atoms with Crippen molar-refractivity contribution in [2.75, 3.05) is 44.8 Å². The number of nitrogens with zero attached hydrogens (tertiary/aromatic N) is 5. The van der Waals surface area contributed by atoms with Gasteiger partial charge in [0, 0.05) is 60.8 Å². The van der Waals surface area contributed by atoms with Gasteiger partial charge < -0.3 is 20.9 Å². The Bertz CT molecular complexity index is 1580. The molecule has 1 aliphatic carbocycles. The molecule has 2 unspecified atom stereocenters. The summed E-state index contributed by atoms with van der Waals surface area (Å²) in [4.78, 5) is 39.0. The summed E-state index contributed by atoms with van der Waals surface area (Å²) in [6.07, 6.45) is 9.24. The molecule has 3 heterocycles. The van der Waals surface area contributed by atoms with Gasteiger partial charge in [-0.2, -0.15) is 0 Å². The first-order chi connectivity index (χ1) is 19.9. The van der Waals surface area contributed by atoms with E-state index in [1.807, 2.05) is 90.8 Å². The smallest absolute Gasteiger partial charge is 0.255 e. The minimum absolute atomic E-state index is 0.103. The van der Waals surface area contributed by atoms with Crippen molar-refractivity contribution in [2.24, 2.45) is 11.8 Å². The fraction of sp³-hybridized carbons (Fsp3) is 0.312. The van der Waals surface area contributed by atoms with Gasteiger partial charge in [0.15, 0.2) is 0 Å². The zero-order valence-corrected chi connectivity index (χ0v) is 23.4. The standard InChI is InChI=1S/C32H35N7O2/c1-37(2)15-6-9-27(40)38-19-24-17-23(18-25(24)20-38)31-36-28(29-30(33)34-14-16-39(29)31)21-10-12-22(13-11-21)32(41)35-26-7-4-3-5-8-26/h3-14,16,23-25H,15,17-20H2,1-2H3,(H2,33,34)(H,35,41). The van der Waals surface area contributed by atoms with Crippen LogP contribution in [0.4, 0.5) is 11.5 Å². The van der Waals surface area contributed by atoms with E-state index in [0.717, 1.165) is 60.8 Å². The van der Waals surface area contributed by atoms with Crippen LogP contribution in [0.25, 0.3) is 16.8 Å². The van der Waals surface area contributed by atoms with Gasteiger partial charge >= 0.3 is 0 Å². The van der Waals surface area contributed by atoms with E-state index in [1.54, 1.807) is 12.3 Å². The second-order valence-corrected chi connectivity index (χ2v) is 11.3. The van der Waals surface area contributed by atoms with Gasteiger partial charge in [-0.25, -0.2) is 9.97 Å². The van der Waals surface area contributed by atoms with Gasteiger partial charge in [0.05, 0.1) is 0 Å². The third-order valence-corrected chi connectivity index (χ3v) is 8.22. The van der Waals surface area contributed by atoms with Gasteiger partial charge in [-0.05, 0) is 63.0 Å². The van der Waals surface area contributed by atoms with Crippen LogP contribution in [-0.4, -0.2) is 69.7 Å². The molecule has 1 saturated carbocycles. The number of nitrogens with one attached hydrogen (secondary N) is 1. The molecule has 2 aromatic carbocycles. The fourth-order valence-corrected chi connectivity index (χ4v) is 6.24. The molecule has 3 N–H and O–H groups in total. The maximum atomic E-state index is 12.8. The van der Waals surface area contributed by atoms with E-state index < -0.39 is 0 Å². The lowest BCUT2D eigenvalue weighted by atomic mass is 10.0. The maximum Gasteiger partial charge on any atom is 0.255 e. The Morgan fingerprint density at radius 1 is 1.05 bits per heavy atom. The number of benzene rings is 2. The number of carbonyl (C=O) groups is 2. The van der Waals surface area contributed by atoms with Crippen LogP contribution < -0.4 is 11.1 Å². The summed E-state index contributed by atoms with van der Waals surface area (Å²) < 4.78 is 2.08. The average molecular weight is 550 g/mol. The second kappa shape index (κ2) is 11.2. The van der Waals surface area contributed by atoms with Crippen LogP contribution >= 0.6 is 0 Å². The van der Waals surface area contributed by atoms with Crippen molar-refractivity contribution in [3.8, 4) is 11.3 Å². The number of likely N-dealkylation sites (N-methyl/N-ethyl adjacent to an activating group) is 1. The normalized spacial score (nSPS) is 20.3. The molecule has 1 aliphatic heterocycles. The highest BCUT2D eigenvalue weighted by Gasteiger charge is 2.43. The van der Waals surface area contributed by atoms with Crippen LogP contribution in [-0.2, 0) is 4.79 Å². The number of aromatic nitrogens is 3. The quantitative estimate of drug-likeness (QED) is 0.333. The van der Waals surface area contributed by atoms with Crippen molar-refractivity contribution in [1.29, 1.82) is 0 Å². The SMILES string of the molecule is CN(C)CC=CC(=O)N1CC2CC(c3nc(-c4ccc(C(=O)Nc5ccccc5)cc4)c4c(N)nccn34)CC2C1. The first-order valence-electron chi connectivity index (χ1n) is 14.1. The van der Waals surface area contributed by atoms with Crippen molar-refractivity contribution in [3.63, 3.8) is 0 Å². The summed E-state index contributed by atoms with van der Waals surface area (Å²) in [5.41, 5.74) is 10.1. The number of carbonyl (C=O) groups excluding carboxylic acids is 2. The minimum atomic E-state index is -0.169. The monoisotopic (exact) mass is 549 g/mol. The van der Waals surface area contributed by atoms with Crippen LogP contribution in [0.3, 0.4) is 0 Å². The summed E-state index contributed by atoms with van der Waals surface area (Å²) in [5, 5.41) is 2.92. The average Bonchev–Trinajstić information content (AvgIpc) is 3.66. The van der Waals surface area contributed by atoms with E-state index in [4.69, 9.17) is 10.7 Å². The molecule has 0 bridgehead atoms. The molecule has 9 heteroatoms. The van der Waals surface area contributed by atoms with Crippen molar-refractivity contribution in [1.82, 2.24) is 24.2 Å². The summed E-state index contributed by atoms with van der Waals surface area (Å²) in [6, 6.07) is 16.8. The minimum Gasteiger partial charge on any atom is -0.382 e. The highest BCUT2D eigenvalue weighted by molar-refractivity contribution is 6.04. The van der Waals surface area contributed by atoms with Crippen molar-refractivity contribution >= 4 is 28.8 Å². The molecule has 2 atom stereocenters. The topological polar surface area (TPSA) is 109 Å². The van der Waals surface area contributed by atoms with E-state index in [0.29, 0.717) is 23.2 Å². The lowest BCUT2D eigenvalue weighted by Gasteiger charge is -2.17. The Hall–Kier alpha value is -4.50. The van der Waals surface area contributed by atoms with Crippen molar-refractivity contribution in [3.05, 3.63) is 90.5 Å². The molecular formula is C32H35N7O2. The predicted molar refractivity (Wildman–Crippen MR) is 160 cm³/mol. The number of fused-ring (bicyclic) bond motifs is 2. The van der Waals surface area contributed by atoms with Crippen LogP contribution in [0.5, 0.6) is 0 Å². The Labute approximate surface area is 239 Å². The molecule has 0 radical (unpaired) electrons. The molecule has 4 aromatic rings. The van der Waals surface area contributed by atoms with Crippen LogP contribution in [0, 0.1) is 11.8 Å². The van der Waals surface area contributed by atoms with Crippen molar-refractivity contribution < 1.29 is 9.59 Å². The van der Waals surface area contributed by atoms with E-state index in [9.17, 15) is 9.59 Å². The Morgan fingerprint density at radius 3 is 2.44 bits per heavy atom. The van der Waals surface area contributed by atoms with E-state index in [-0.39, 0.29) is 17.7 Å². The number of likely N-dealkylation sites (tertiary alicyclic amines) is 1. The lowest BCUT2D eigenvalue weighted by Crippen LogP contribution is -2.28. The maximum absolute atomic E-state index is 12.8. The van der Waals surface area contributed by atoms with Crippen molar-refractivity contribution in [2.45, 2.75) is 18.8 Å². The third kappa shape index (κ3) is 5.45. The van der Waals surface area contributed by atoms with Gasteiger partial charge in [0.2, 0.25) is 5.91 Å². The number of amides is 2. The molecule has 2 aromatic heterocycles. The molecule has 9 nitrogen and oxygen atoms in total. The lowest BCUT2D eigenvalue weighted by molar-refractivity contribution is -0.125. The third-order valence-electron chi connectivity index (χ3n) is 8.22. The molecule has 41 heavy (non-hydrogen) atoms. The van der Waals surface area contributed by atoms with E-state index in [1.165, 1.54) is 0 Å². The summed E-state index contributed by atoms with van der Waals surface area (Å²) in [6.45, 7) is 2.34. The molecule has 1 saturated heterocycles. The number of anilines is 2. The Morgan fingerprint density at radius 2 is 1.76 bits per heavy atom. The molecule has 210 valence electrons. The number of para-hydroxylation sites is 1. The summed E-state index contributed by atoms with van der Waals surface area (Å²) in [7, 11) is 3.98. The Kier molecular flexibility index (Phi) is 7.28. The van der Waals surface area contributed by atoms with Crippen LogP contribution in [0.1, 0.15) is 34.9 Å². The zero-order chi connectivity index (χ0) is 28.5. The van der Waals surface area contributed by atoms with Gasteiger partial charge in [0.1, 0.15) is 22.9 Å². The van der Waals surface area contributed by atoms with Gasteiger partial charge in [0.25, 0.3) is 5.91 Å². The number of nitrogens with two attached hydrogens (primary N) is 1. The highest BCUT2D eigenvalue weighted by Crippen LogP contribution is 2.47. The number of rotatable bonds is 7. The van der Waals surface area contributed by atoms with E-state index >= 15 is 0 Å². The molecule has 2 aliphatic rings. The molecule has 2 fully saturated rings. The molecule has 0 spiro atoms. The zero-order valence-electron chi connectivity index (χ0n) is 23.4. The van der Waals surface area contributed by atoms with Crippen LogP contribution in [0.15, 0.2) is 79.1 Å². The van der Waals surface area contributed by atoms with E-state index in [2.05, 4.69) is 14.7 Å². The molecular weight excluding hydrogens is 514 g/mol.